The van der Waals surface area contributed by atoms with Gasteiger partial charge in [0.05, 0.1) is 0 Å². The van der Waals surface area contributed by atoms with E-state index < -0.39 is 0 Å². The van der Waals surface area contributed by atoms with E-state index in [1.54, 1.807) is 32.5 Å². The molecule has 0 aromatic carbocycles. The van der Waals surface area contributed by atoms with Crippen LogP contribution in [0.3, 0.4) is 0 Å². The number of halogens is 2. The molecular formula is Br2O2Sr. The molecule has 28 valence electrons. The molecule has 0 N–H and O–H groups in total. The SMILES string of the molecule is [O-]Br.[O-]Br.[Sr+2]. The van der Waals surface area contributed by atoms with E-state index in [4.69, 9.17) is 8.40 Å². The fraction of sp³-hybridized carbons (Fsp3) is 0. The fourth-order valence-corrected chi connectivity index (χ4v) is 0. The molecule has 0 aromatic rings. The molecule has 5 heavy (non-hydrogen) atoms. The summed E-state index contributed by atoms with van der Waals surface area (Å²) in [6, 6.07) is 0. The van der Waals surface area contributed by atoms with E-state index in [0.29, 0.717) is 0 Å². The van der Waals surface area contributed by atoms with Gasteiger partial charge in [-0.05, 0) is 0 Å². The molecule has 0 rings (SSSR count). The van der Waals surface area contributed by atoms with Gasteiger partial charge in [0, 0.05) is 0 Å². The molecule has 0 aliphatic heterocycles. The summed E-state index contributed by atoms with van der Waals surface area (Å²) in [4.78, 5) is 0. The van der Waals surface area contributed by atoms with E-state index >= 15 is 0 Å². The molecule has 2 nitrogen and oxygen atoms in total. The Kier molecular flexibility index (Phi) is 103. The van der Waals surface area contributed by atoms with Crippen LogP contribution in [0.2, 0.25) is 0 Å². The van der Waals surface area contributed by atoms with Crippen LogP contribution in [0.4, 0.5) is 0 Å². The van der Waals surface area contributed by atoms with Gasteiger partial charge in [-0.2, -0.15) is 0 Å². The van der Waals surface area contributed by atoms with Crippen LogP contribution in [-0.2, 0) is 0 Å². The Balaban J connectivity index is -0.0000000133. The molecule has 0 saturated carbocycles. The van der Waals surface area contributed by atoms with Crippen molar-refractivity contribution in [2.24, 2.45) is 0 Å². The van der Waals surface area contributed by atoms with Crippen LogP contribution in [0, 0.1) is 0 Å². The normalized spacial score (nSPS) is 2.40. The number of rotatable bonds is 0. The molecule has 0 heterocycles. The summed E-state index contributed by atoms with van der Waals surface area (Å²) in [5.74, 6) is 0. The summed E-state index contributed by atoms with van der Waals surface area (Å²) in [5.41, 5.74) is 0. The fourth-order valence-electron chi connectivity index (χ4n) is 0. The zero-order valence-corrected chi connectivity index (χ0v) is 8.93. The maximum absolute atomic E-state index is 8.06. The molecule has 0 aromatic heterocycles. The first kappa shape index (κ1) is 15.7. The molecular weight excluding hydrogens is 279 g/mol. The summed E-state index contributed by atoms with van der Waals surface area (Å²) in [6.07, 6.45) is 0. The Labute approximate surface area is 84.7 Å². The third-order valence-corrected chi connectivity index (χ3v) is 0. The summed E-state index contributed by atoms with van der Waals surface area (Å²) < 4.78 is 16.1. The van der Waals surface area contributed by atoms with Crippen molar-refractivity contribution in [2.75, 3.05) is 0 Å². The van der Waals surface area contributed by atoms with Crippen molar-refractivity contribution in [1.29, 1.82) is 0 Å². The predicted molar refractivity (Wildman–Crippen MR) is 23.6 cm³/mol. The predicted octanol–water partition coefficient (Wildman–Crippen LogP) is -1.07. The monoisotopic (exact) mass is 278 g/mol. The first-order valence-electron chi connectivity index (χ1n) is 0.309. The molecule has 0 atom stereocenters. The molecule has 5 heteroatoms. The molecule has 0 fully saturated rings. The smallest absolute Gasteiger partial charge is 0.791 e. The van der Waals surface area contributed by atoms with Gasteiger partial charge in [-0.1, -0.05) is 0 Å². The van der Waals surface area contributed by atoms with Crippen molar-refractivity contribution in [2.45, 2.75) is 0 Å². The maximum atomic E-state index is 8.06. The van der Waals surface area contributed by atoms with Gasteiger partial charge in [0.25, 0.3) is 0 Å². The largest absolute Gasteiger partial charge is 2.00 e. The Morgan fingerprint density at radius 3 is 0.800 bits per heavy atom. The van der Waals surface area contributed by atoms with Crippen LogP contribution in [-0.4, -0.2) is 45.5 Å². The molecule has 0 radical (unpaired) electrons. The van der Waals surface area contributed by atoms with Crippen molar-refractivity contribution in [1.82, 2.24) is 0 Å². The van der Waals surface area contributed by atoms with Gasteiger partial charge in [-0.15, -0.1) is 0 Å². The summed E-state index contributed by atoms with van der Waals surface area (Å²) in [6.45, 7) is 0. The first-order valence-corrected chi connectivity index (χ1v) is 1.60. The van der Waals surface area contributed by atoms with E-state index in [-0.39, 0.29) is 45.5 Å². The molecule has 0 bridgehead atoms. The van der Waals surface area contributed by atoms with Crippen molar-refractivity contribution < 1.29 is 8.40 Å². The second-order valence-corrected chi connectivity index (χ2v) is 0. The minimum absolute atomic E-state index is 0. The van der Waals surface area contributed by atoms with E-state index in [2.05, 4.69) is 0 Å². The van der Waals surface area contributed by atoms with E-state index in [0.717, 1.165) is 0 Å². The first-order chi connectivity index (χ1) is 2.00. The van der Waals surface area contributed by atoms with Gasteiger partial charge in [0.15, 0.2) is 0 Å². The zero-order valence-electron chi connectivity index (χ0n) is 2.28. The van der Waals surface area contributed by atoms with Crippen LogP contribution in [0.25, 0.3) is 0 Å². The minimum Gasteiger partial charge on any atom is -0.791 e. The third kappa shape index (κ3) is 21.7. The average molecular weight is 279 g/mol. The molecule has 0 unspecified atom stereocenters. The molecule has 0 aliphatic carbocycles. The van der Waals surface area contributed by atoms with E-state index in [9.17, 15) is 0 Å². The zero-order chi connectivity index (χ0) is 4.00. The average Bonchev–Trinajstić information content (AvgIpc) is 1.50. The van der Waals surface area contributed by atoms with Crippen LogP contribution in [0.5, 0.6) is 0 Å². The number of hydrogen-bond acceptors (Lipinski definition) is 2. The Morgan fingerprint density at radius 1 is 0.800 bits per heavy atom. The summed E-state index contributed by atoms with van der Waals surface area (Å²) >= 11 is 3.38. The van der Waals surface area contributed by atoms with E-state index in [1.165, 1.54) is 0 Å². The topological polar surface area (TPSA) is 46.1 Å². The van der Waals surface area contributed by atoms with Crippen molar-refractivity contribution >= 4 is 78.0 Å². The van der Waals surface area contributed by atoms with Gasteiger partial charge in [0.1, 0.15) is 0 Å². The summed E-state index contributed by atoms with van der Waals surface area (Å²) in [7, 11) is 0. The van der Waals surface area contributed by atoms with Crippen LogP contribution in [0.1, 0.15) is 0 Å². The standard InChI is InChI=1S/2BrO.Sr/c2*1-2;/q2*-1;+2. The third-order valence-electron chi connectivity index (χ3n) is 0. The van der Waals surface area contributed by atoms with Crippen LogP contribution in [0.15, 0.2) is 0 Å². The number of hydrogen-bond donors (Lipinski definition) is 0. The van der Waals surface area contributed by atoms with Crippen LogP contribution < -0.4 is 8.40 Å². The van der Waals surface area contributed by atoms with Gasteiger partial charge >= 0.3 is 45.5 Å². The second-order valence-electron chi connectivity index (χ2n) is 0. The second kappa shape index (κ2) is 32.8. The minimum atomic E-state index is 0. The van der Waals surface area contributed by atoms with Crippen molar-refractivity contribution in [3.05, 3.63) is 0 Å². The molecule has 0 spiro atoms. The van der Waals surface area contributed by atoms with Gasteiger partial charge < -0.3 is 8.40 Å². The molecule has 0 amide bonds. The Hall–Kier alpha value is 2.36. The summed E-state index contributed by atoms with van der Waals surface area (Å²) in [5, 5.41) is 0. The van der Waals surface area contributed by atoms with Crippen molar-refractivity contribution in [3.8, 4) is 0 Å². The van der Waals surface area contributed by atoms with Gasteiger partial charge in [0.2, 0.25) is 0 Å². The van der Waals surface area contributed by atoms with Gasteiger partial charge in [-0.3, -0.25) is 0 Å². The quantitative estimate of drug-likeness (QED) is 0.530. The Bertz CT molecular complexity index is 7.61. The molecule has 0 aliphatic rings. The van der Waals surface area contributed by atoms with Gasteiger partial charge in [-0.25, -0.2) is 32.5 Å². The van der Waals surface area contributed by atoms with E-state index in [1.807, 2.05) is 0 Å². The maximum Gasteiger partial charge on any atom is 2.00 e. The molecule has 0 saturated heterocycles. The van der Waals surface area contributed by atoms with Crippen LogP contribution >= 0.6 is 32.5 Å². The van der Waals surface area contributed by atoms with Crippen molar-refractivity contribution in [3.63, 3.8) is 0 Å². The Morgan fingerprint density at radius 2 is 0.800 bits per heavy atom.